The Bertz CT molecular complexity index is 517. The molecule has 1 fully saturated rings. The van der Waals surface area contributed by atoms with E-state index in [0.29, 0.717) is 12.1 Å². The van der Waals surface area contributed by atoms with Gasteiger partial charge in [-0.15, -0.1) is 0 Å². The number of benzene rings is 1. The number of hydrogen-bond donors (Lipinski definition) is 2. The van der Waals surface area contributed by atoms with Crippen molar-refractivity contribution in [1.29, 1.82) is 0 Å². The second-order valence-corrected chi connectivity index (χ2v) is 6.47. The molecule has 4 nitrogen and oxygen atoms in total. The molecular weight excluding hydrogens is 262 g/mol. The molecule has 1 amide bonds. The summed E-state index contributed by atoms with van der Waals surface area (Å²) in [6.45, 7) is 4.08. The van der Waals surface area contributed by atoms with Crippen LogP contribution in [-0.4, -0.2) is 42.5 Å². The zero-order valence-electron chi connectivity index (χ0n) is 12.9. The van der Waals surface area contributed by atoms with Crippen molar-refractivity contribution in [3.63, 3.8) is 0 Å². The number of rotatable bonds is 2. The van der Waals surface area contributed by atoms with Crippen LogP contribution in [0.4, 0.5) is 0 Å². The van der Waals surface area contributed by atoms with Crippen molar-refractivity contribution in [3.8, 4) is 0 Å². The minimum Gasteiger partial charge on any atom is -0.352 e. The molecule has 0 spiro atoms. The number of piperidine rings is 1. The first-order valence-electron chi connectivity index (χ1n) is 7.94. The maximum absolute atomic E-state index is 12.5. The van der Waals surface area contributed by atoms with Gasteiger partial charge in [0.1, 0.15) is 0 Å². The molecule has 0 aliphatic carbocycles. The number of likely N-dealkylation sites (tertiary alicyclic amines) is 1. The summed E-state index contributed by atoms with van der Waals surface area (Å²) in [4.78, 5) is 14.8. The summed E-state index contributed by atoms with van der Waals surface area (Å²) < 4.78 is 0. The van der Waals surface area contributed by atoms with Gasteiger partial charge in [-0.05, 0) is 44.4 Å². The molecule has 2 heterocycles. The van der Waals surface area contributed by atoms with Gasteiger partial charge in [-0.2, -0.15) is 0 Å². The lowest BCUT2D eigenvalue weighted by atomic mass is 9.94. The number of nitrogens with one attached hydrogen (secondary N) is 2. The van der Waals surface area contributed by atoms with Crippen LogP contribution >= 0.6 is 0 Å². The number of carbonyl (C=O) groups is 1. The van der Waals surface area contributed by atoms with Crippen molar-refractivity contribution in [2.45, 2.75) is 50.9 Å². The lowest BCUT2D eigenvalue weighted by Crippen LogP contribution is -2.53. The Kier molecular flexibility index (Phi) is 4.27. The van der Waals surface area contributed by atoms with E-state index in [1.165, 1.54) is 11.1 Å². The van der Waals surface area contributed by atoms with Crippen molar-refractivity contribution in [2.24, 2.45) is 0 Å². The predicted molar refractivity (Wildman–Crippen MR) is 84.0 cm³/mol. The summed E-state index contributed by atoms with van der Waals surface area (Å²) in [5.41, 5.74) is 2.61. The Balaban J connectivity index is 1.57. The molecule has 1 saturated heterocycles. The summed E-state index contributed by atoms with van der Waals surface area (Å²) >= 11 is 0. The van der Waals surface area contributed by atoms with Gasteiger partial charge in [-0.1, -0.05) is 24.3 Å². The van der Waals surface area contributed by atoms with E-state index in [1.807, 2.05) is 0 Å². The van der Waals surface area contributed by atoms with Gasteiger partial charge >= 0.3 is 0 Å². The second kappa shape index (κ2) is 6.16. The van der Waals surface area contributed by atoms with Crippen molar-refractivity contribution in [2.75, 3.05) is 13.6 Å². The highest BCUT2D eigenvalue weighted by Crippen LogP contribution is 2.18. The Morgan fingerprint density at radius 2 is 2.10 bits per heavy atom. The molecule has 0 aromatic heterocycles. The van der Waals surface area contributed by atoms with Gasteiger partial charge in [-0.3, -0.25) is 4.79 Å². The summed E-state index contributed by atoms with van der Waals surface area (Å²) in [6.07, 6.45) is 2.89. The van der Waals surface area contributed by atoms with E-state index in [2.05, 4.69) is 53.8 Å². The standard InChI is InChI=1S/C17H25N3O/c1-12-9-15(7-8-20(12)2)19-17(21)16-10-13-5-3-4-6-14(13)11-18-16/h3-6,12,15-16,18H,7-11H2,1-2H3,(H,19,21)/t12?,15?,16-/m0/s1. The van der Waals surface area contributed by atoms with Crippen molar-refractivity contribution in [3.05, 3.63) is 35.4 Å². The molecule has 3 rings (SSSR count). The smallest absolute Gasteiger partial charge is 0.237 e. The Labute approximate surface area is 126 Å². The first-order chi connectivity index (χ1) is 10.1. The van der Waals surface area contributed by atoms with Crippen molar-refractivity contribution >= 4 is 5.91 Å². The zero-order chi connectivity index (χ0) is 14.8. The second-order valence-electron chi connectivity index (χ2n) is 6.47. The Morgan fingerprint density at radius 1 is 1.33 bits per heavy atom. The molecule has 3 atom stereocenters. The van der Waals surface area contributed by atoms with E-state index in [0.717, 1.165) is 32.4 Å². The highest BCUT2D eigenvalue weighted by Gasteiger charge is 2.28. The lowest BCUT2D eigenvalue weighted by molar-refractivity contribution is -0.124. The number of amides is 1. The molecule has 0 bridgehead atoms. The number of nitrogens with zero attached hydrogens (tertiary/aromatic N) is 1. The molecule has 1 aromatic rings. The zero-order valence-corrected chi connectivity index (χ0v) is 12.9. The maximum atomic E-state index is 12.5. The van der Waals surface area contributed by atoms with E-state index in [4.69, 9.17) is 0 Å². The van der Waals surface area contributed by atoms with Gasteiger partial charge in [0, 0.05) is 25.2 Å². The van der Waals surface area contributed by atoms with Gasteiger partial charge in [0.25, 0.3) is 0 Å². The Hall–Kier alpha value is -1.39. The SMILES string of the molecule is CC1CC(NC(=O)[C@@H]2Cc3ccccc3CN2)CCN1C. The van der Waals surface area contributed by atoms with Crippen LogP contribution in [-0.2, 0) is 17.8 Å². The van der Waals surface area contributed by atoms with E-state index in [1.54, 1.807) is 0 Å². The Morgan fingerprint density at radius 3 is 2.86 bits per heavy atom. The summed E-state index contributed by atoms with van der Waals surface area (Å²) in [5, 5.41) is 6.60. The highest BCUT2D eigenvalue weighted by atomic mass is 16.2. The van der Waals surface area contributed by atoms with Crippen LogP contribution in [0, 0.1) is 0 Å². The van der Waals surface area contributed by atoms with E-state index in [-0.39, 0.29) is 11.9 Å². The third-order valence-corrected chi connectivity index (χ3v) is 4.95. The van der Waals surface area contributed by atoms with Crippen molar-refractivity contribution in [1.82, 2.24) is 15.5 Å². The van der Waals surface area contributed by atoms with Gasteiger partial charge in [0.15, 0.2) is 0 Å². The molecule has 4 heteroatoms. The first kappa shape index (κ1) is 14.5. The molecule has 2 N–H and O–H groups in total. The van der Waals surface area contributed by atoms with E-state index in [9.17, 15) is 4.79 Å². The maximum Gasteiger partial charge on any atom is 0.237 e. The van der Waals surface area contributed by atoms with Crippen LogP contribution in [0.2, 0.25) is 0 Å². The third kappa shape index (κ3) is 3.27. The topological polar surface area (TPSA) is 44.4 Å². The first-order valence-corrected chi connectivity index (χ1v) is 7.94. The number of fused-ring (bicyclic) bond motifs is 1. The van der Waals surface area contributed by atoms with Crippen LogP contribution in [0.25, 0.3) is 0 Å². The molecular formula is C17H25N3O. The average molecular weight is 287 g/mol. The van der Waals surface area contributed by atoms with E-state index >= 15 is 0 Å². The molecule has 0 radical (unpaired) electrons. The van der Waals surface area contributed by atoms with E-state index < -0.39 is 0 Å². The largest absolute Gasteiger partial charge is 0.352 e. The van der Waals surface area contributed by atoms with Crippen LogP contribution in [0.3, 0.4) is 0 Å². The minimum atomic E-state index is -0.0881. The highest BCUT2D eigenvalue weighted by molar-refractivity contribution is 5.82. The molecule has 2 aliphatic rings. The minimum absolute atomic E-state index is 0.0881. The fourth-order valence-electron chi connectivity index (χ4n) is 3.36. The normalized spacial score (nSPS) is 29.7. The quantitative estimate of drug-likeness (QED) is 0.862. The molecule has 1 aromatic carbocycles. The summed E-state index contributed by atoms with van der Waals surface area (Å²) in [7, 11) is 2.16. The van der Waals surface area contributed by atoms with Gasteiger partial charge < -0.3 is 15.5 Å². The predicted octanol–water partition coefficient (Wildman–Crippen LogP) is 1.30. The molecule has 2 unspecified atom stereocenters. The molecule has 21 heavy (non-hydrogen) atoms. The van der Waals surface area contributed by atoms with Gasteiger partial charge in [0.05, 0.1) is 6.04 Å². The van der Waals surface area contributed by atoms with Crippen LogP contribution in [0.15, 0.2) is 24.3 Å². The monoisotopic (exact) mass is 287 g/mol. The third-order valence-electron chi connectivity index (χ3n) is 4.95. The summed E-state index contributed by atoms with van der Waals surface area (Å²) in [6, 6.07) is 9.16. The fourth-order valence-corrected chi connectivity index (χ4v) is 3.36. The lowest BCUT2D eigenvalue weighted by Gasteiger charge is -2.36. The summed E-state index contributed by atoms with van der Waals surface area (Å²) in [5.74, 6) is 0.159. The molecule has 2 aliphatic heterocycles. The number of carbonyl (C=O) groups excluding carboxylic acids is 1. The fraction of sp³-hybridized carbons (Fsp3) is 0.588. The van der Waals surface area contributed by atoms with Crippen LogP contribution in [0.5, 0.6) is 0 Å². The van der Waals surface area contributed by atoms with Gasteiger partial charge in [0.2, 0.25) is 5.91 Å². The molecule has 0 saturated carbocycles. The average Bonchev–Trinajstić information content (AvgIpc) is 2.50. The van der Waals surface area contributed by atoms with Crippen molar-refractivity contribution < 1.29 is 4.79 Å². The van der Waals surface area contributed by atoms with Crippen LogP contribution < -0.4 is 10.6 Å². The number of hydrogen-bond acceptors (Lipinski definition) is 3. The van der Waals surface area contributed by atoms with Gasteiger partial charge in [-0.25, -0.2) is 0 Å². The molecule has 114 valence electrons. The van der Waals surface area contributed by atoms with Crippen LogP contribution in [0.1, 0.15) is 30.9 Å².